The van der Waals surface area contributed by atoms with Crippen LogP contribution in [0.5, 0.6) is 0 Å². The molecule has 0 radical (unpaired) electrons. The molecular formula is C20H17ClN2O3S. The fourth-order valence-corrected chi connectivity index (χ4v) is 3.66. The van der Waals surface area contributed by atoms with Gasteiger partial charge in [-0.15, -0.1) is 0 Å². The van der Waals surface area contributed by atoms with Crippen LogP contribution in [0.25, 0.3) is 0 Å². The van der Waals surface area contributed by atoms with E-state index in [-0.39, 0.29) is 10.8 Å². The number of halogens is 1. The van der Waals surface area contributed by atoms with Crippen LogP contribution in [0.2, 0.25) is 5.02 Å². The molecule has 5 nitrogen and oxygen atoms in total. The predicted molar refractivity (Wildman–Crippen MR) is 108 cm³/mol. The summed E-state index contributed by atoms with van der Waals surface area (Å²) in [6.45, 7) is 1.86. The summed E-state index contributed by atoms with van der Waals surface area (Å²) in [5.41, 5.74) is 2.29. The van der Waals surface area contributed by atoms with Crippen molar-refractivity contribution in [3.05, 3.63) is 88.9 Å². The van der Waals surface area contributed by atoms with Gasteiger partial charge in [0.25, 0.3) is 15.9 Å². The lowest BCUT2D eigenvalue weighted by atomic mass is 10.1. The summed E-state index contributed by atoms with van der Waals surface area (Å²) in [7, 11) is -3.73. The van der Waals surface area contributed by atoms with E-state index in [2.05, 4.69) is 10.0 Å². The Morgan fingerprint density at radius 3 is 2.26 bits per heavy atom. The second kappa shape index (κ2) is 7.82. The van der Waals surface area contributed by atoms with Crippen LogP contribution >= 0.6 is 11.6 Å². The van der Waals surface area contributed by atoms with Crippen molar-refractivity contribution in [3.63, 3.8) is 0 Å². The molecule has 0 saturated carbocycles. The van der Waals surface area contributed by atoms with E-state index in [1.54, 1.807) is 42.5 Å². The van der Waals surface area contributed by atoms with Crippen LogP contribution in [-0.4, -0.2) is 14.3 Å². The van der Waals surface area contributed by atoms with Gasteiger partial charge in [-0.1, -0.05) is 35.9 Å². The Kier molecular flexibility index (Phi) is 5.48. The van der Waals surface area contributed by atoms with Crippen LogP contribution < -0.4 is 10.0 Å². The molecule has 0 aromatic heterocycles. The van der Waals surface area contributed by atoms with Gasteiger partial charge in [-0.2, -0.15) is 0 Å². The number of benzene rings is 3. The smallest absolute Gasteiger partial charge is 0.261 e. The Labute approximate surface area is 163 Å². The molecule has 2 N–H and O–H groups in total. The summed E-state index contributed by atoms with van der Waals surface area (Å²) in [5, 5.41) is 3.29. The first-order valence-corrected chi connectivity index (χ1v) is 9.97. The third-order valence-corrected chi connectivity index (χ3v) is 5.53. The molecule has 0 aliphatic carbocycles. The number of rotatable bonds is 5. The molecule has 3 rings (SSSR count). The third-order valence-electron chi connectivity index (χ3n) is 3.90. The van der Waals surface area contributed by atoms with Crippen LogP contribution in [0, 0.1) is 6.92 Å². The van der Waals surface area contributed by atoms with E-state index in [0.29, 0.717) is 22.0 Å². The van der Waals surface area contributed by atoms with Gasteiger partial charge in [0, 0.05) is 22.0 Å². The highest BCUT2D eigenvalue weighted by atomic mass is 35.5. The summed E-state index contributed by atoms with van der Waals surface area (Å²) >= 11 is 5.96. The fraction of sp³-hybridized carbons (Fsp3) is 0.0500. The molecule has 0 bridgehead atoms. The summed E-state index contributed by atoms with van der Waals surface area (Å²) < 4.78 is 27.4. The molecule has 0 fully saturated rings. The number of para-hydroxylation sites is 1. The molecule has 0 atom stereocenters. The Hall–Kier alpha value is -2.83. The predicted octanol–water partition coefficient (Wildman–Crippen LogP) is 4.70. The molecule has 7 heteroatoms. The maximum absolute atomic E-state index is 12.4. The van der Waals surface area contributed by atoms with E-state index in [9.17, 15) is 13.2 Å². The number of amides is 1. The van der Waals surface area contributed by atoms with Crippen molar-refractivity contribution in [2.24, 2.45) is 0 Å². The highest BCUT2D eigenvalue weighted by molar-refractivity contribution is 7.92. The molecule has 138 valence electrons. The van der Waals surface area contributed by atoms with E-state index in [0.717, 1.165) is 5.56 Å². The van der Waals surface area contributed by atoms with Gasteiger partial charge in [0.15, 0.2) is 0 Å². The van der Waals surface area contributed by atoms with Crippen LogP contribution in [0.4, 0.5) is 11.4 Å². The largest absolute Gasteiger partial charge is 0.322 e. The zero-order chi connectivity index (χ0) is 19.4. The van der Waals surface area contributed by atoms with Crippen molar-refractivity contribution in [1.82, 2.24) is 0 Å². The number of aryl methyl sites for hydroxylation is 1. The molecule has 0 spiro atoms. The lowest BCUT2D eigenvalue weighted by Crippen LogP contribution is -2.15. The van der Waals surface area contributed by atoms with Crippen LogP contribution in [-0.2, 0) is 10.0 Å². The maximum Gasteiger partial charge on any atom is 0.261 e. The number of nitrogens with one attached hydrogen (secondary N) is 2. The quantitative estimate of drug-likeness (QED) is 0.651. The van der Waals surface area contributed by atoms with Crippen molar-refractivity contribution >= 4 is 38.9 Å². The Morgan fingerprint density at radius 1 is 0.926 bits per heavy atom. The number of sulfonamides is 1. The lowest BCUT2D eigenvalue weighted by molar-refractivity contribution is 0.102. The van der Waals surface area contributed by atoms with Crippen LogP contribution in [0.3, 0.4) is 0 Å². The number of hydrogen-bond donors (Lipinski definition) is 2. The minimum Gasteiger partial charge on any atom is -0.322 e. The van der Waals surface area contributed by atoms with Gasteiger partial charge in [0.1, 0.15) is 0 Å². The molecule has 0 saturated heterocycles. The molecule has 0 aliphatic rings. The molecule has 3 aromatic carbocycles. The second-order valence-corrected chi connectivity index (χ2v) is 8.03. The average molecular weight is 401 g/mol. The van der Waals surface area contributed by atoms with Gasteiger partial charge < -0.3 is 5.32 Å². The molecule has 27 heavy (non-hydrogen) atoms. The zero-order valence-electron chi connectivity index (χ0n) is 14.4. The summed E-state index contributed by atoms with van der Waals surface area (Å²) in [6.07, 6.45) is 0. The van der Waals surface area contributed by atoms with E-state index < -0.39 is 10.0 Å². The summed E-state index contributed by atoms with van der Waals surface area (Å²) in [6, 6.07) is 19.5. The first-order chi connectivity index (χ1) is 12.8. The maximum atomic E-state index is 12.4. The lowest BCUT2D eigenvalue weighted by Gasteiger charge is -2.10. The standard InChI is InChI=1S/C20H17ClN2O3S/c1-14-7-10-16(21)13-19(14)22-20(24)15-8-11-18(12-9-15)27(25,26)23-17-5-3-2-4-6-17/h2-13,23H,1H3,(H,22,24). The topological polar surface area (TPSA) is 75.3 Å². The summed E-state index contributed by atoms with van der Waals surface area (Å²) in [5.74, 6) is -0.347. The Bertz CT molecular complexity index is 1070. The van der Waals surface area contributed by atoms with E-state index in [1.807, 2.05) is 13.0 Å². The van der Waals surface area contributed by atoms with Crippen molar-refractivity contribution in [2.75, 3.05) is 10.0 Å². The van der Waals surface area contributed by atoms with Gasteiger partial charge in [-0.05, 0) is 61.0 Å². The van der Waals surface area contributed by atoms with Crippen LogP contribution in [0.1, 0.15) is 15.9 Å². The molecule has 0 aliphatic heterocycles. The van der Waals surface area contributed by atoms with E-state index >= 15 is 0 Å². The molecular weight excluding hydrogens is 384 g/mol. The van der Waals surface area contributed by atoms with E-state index in [1.165, 1.54) is 24.3 Å². The zero-order valence-corrected chi connectivity index (χ0v) is 16.0. The summed E-state index contributed by atoms with van der Waals surface area (Å²) in [4.78, 5) is 12.5. The molecule has 0 unspecified atom stereocenters. The molecule has 1 amide bonds. The minimum atomic E-state index is -3.73. The number of carbonyl (C=O) groups excluding carboxylic acids is 1. The minimum absolute atomic E-state index is 0.0711. The van der Waals surface area contributed by atoms with Gasteiger partial charge >= 0.3 is 0 Å². The highest BCUT2D eigenvalue weighted by Crippen LogP contribution is 2.21. The van der Waals surface area contributed by atoms with Crippen LogP contribution in [0.15, 0.2) is 77.7 Å². The van der Waals surface area contributed by atoms with Crippen molar-refractivity contribution in [1.29, 1.82) is 0 Å². The Morgan fingerprint density at radius 2 is 1.59 bits per heavy atom. The molecule has 0 heterocycles. The van der Waals surface area contributed by atoms with Gasteiger partial charge in [-0.3, -0.25) is 9.52 Å². The van der Waals surface area contributed by atoms with E-state index in [4.69, 9.17) is 11.6 Å². The van der Waals surface area contributed by atoms with Crippen molar-refractivity contribution < 1.29 is 13.2 Å². The number of carbonyl (C=O) groups is 1. The third kappa shape index (κ3) is 4.67. The number of anilines is 2. The monoisotopic (exact) mass is 400 g/mol. The average Bonchev–Trinajstić information content (AvgIpc) is 2.65. The second-order valence-electron chi connectivity index (χ2n) is 5.91. The number of hydrogen-bond acceptors (Lipinski definition) is 3. The SMILES string of the molecule is Cc1ccc(Cl)cc1NC(=O)c1ccc(S(=O)(=O)Nc2ccccc2)cc1. The highest BCUT2D eigenvalue weighted by Gasteiger charge is 2.15. The molecule has 3 aromatic rings. The van der Waals surface area contributed by atoms with Crippen molar-refractivity contribution in [2.45, 2.75) is 11.8 Å². The van der Waals surface area contributed by atoms with Crippen molar-refractivity contribution in [3.8, 4) is 0 Å². The van der Waals surface area contributed by atoms with Gasteiger partial charge in [0.05, 0.1) is 4.90 Å². The fourth-order valence-electron chi connectivity index (χ4n) is 2.43. The first kappa shape index (κ1) is 18.9. The first-order valence-electron chi connectivity index (χ1n) is 8.10. The van der Waals surface area contributed by atoms with Gasteiger partial charge in [0.2, 0.25) is 0 Å². The van der Waals surface area contributed by atoms with Gasteiger partial charge in [-0.25, -0.2) is 8.42 Å². The normalized spacial score (nSPS) is 11.0. The Balaban J connectivity index is 1.76.